The van der Waals surface area contributed by atoms with Gasteiger partial charge >= 0.3 is 0 Å². The fraction of sp³-hybridized carbons (Fsp3) is 0.929. The van der Waals surface area contributed by atoms with Crippen LogP contribution in [0.25, 0.3) is 0 Å². The molecule has 0 fully saturated rings. The van der Waals surface area contributed by atoms with Crippen molar-refractivity contribution in [3.63, 3.8) is 0 Å². The Balaban J connectivity index is 3.33. The Hall–Kier alpha value is -0.330. The van der Waals surface area contributed by atoms with E-state index in [0.717, 1.165) is 24.5 Å². The summed E-state index contributed by atoms with van der Waals surface area (Å²) >= 11 is 0. The molecule has 0 amide bonds. The maximum atomic E-state index is 10.4. The van der Waals surface area contributed by atoms with Gasteiger partial charge in [-0.15, -0.1) is 0 Å². The average Bonchev–Trinajstić information content (AvgIpc) is 2.17. The smallest absolute Gasteiger partial charge is 0.122 e. The van der Waals surface area contributed by atoms with Crippen LogP contribution in [0.1, 0.15) is 66.2 Å². The molecule has 90 valence electrons. The predicted molar refractivity (Wildman–Crippen MR) is 66.9 cm³/mol. The Labute approximate surface area is 95.6 Å². The second-order valence-corrected chi connectivity index (χ2v) is 5.47. The Morgan fingerprint density at radius 2 is 1.40 bits per heavy atom. The number of hydrogen-bond acceptors (Lipinski definition) is 1. The van der Waals surface area contributed by atoms with Crippen LogP contribution in [0.3, 0.4) is 0 Å². The van der Waals surface area contributed by atoms with Crippen LogP contribution in [0.5, 0.6) is 0 Å². The lowest BCUT2D eigenvalue weighted by molar-refractivity contribution is -0.110. The van der Waals surface area contributed by atoms with Crippen molar-refractivity contribution in [2.24, 2.45) is 17.8 Å². The third-order valence-corrected chi connectivity index (χ3v) is 3.07. The molecule has 0 spiro atoms. The van der Waals surface area contributed by atoms with E-state index in [1.165, 1.54) is 32.1 Å². The average molecular weight is 212 g/mol. The molecule has 0 aliphatic heterocycles. The molecule has 0 rings (SSSR count). The molecule has 0 aromatic rings. The first-order valence-corrected chi connectivity index (χ1v) is 6.51. The van der Waals surface area contributed by atoms with Crippen LogP contribution in [0.15, 0.2) is 0 Å². The lowest BCUT2D eigenvalue weighted by Gasteiger charge is -2.12. The van der Waals surface area contributed by atoms with Gasteiger partial charge in [0.15, 0.2) is 0 Å². The van der Waals surface area contributed by atoms with E-state index in [4.69, 9.17) is 0 Å². The van der Waals surface area contributed by atoms with Gasteiger partial charge in [-0.25, -0.2) is 0 Å². The molecule has 0 unspecified atom stereocenters. The van der Waals surface area contributed by atoms with Gasteiger partial charge in [-0.1, -0.05) is 59.8 Å². The minimum atomic E-state index is 0.257. The normalized spacial score (nSPS) is 15.3. The standard InChI is InChI=1S/C14H28O/c1-12(2)7-5-8-13(3)9-6-10-14(4)11-15/h11-14H,5-10H2,1-4H3/t13-,14-/m1/s1. The molecule has 2 atom stereocenters. The molecular weight excluding hydrogens is 184 g/mol. The maximum absolute atomic E-state index is 10.4. The number of rotatable bonds is 9. The van der Waals surface area contributed by atoms with E-state index >= 15 is 0 Å². The first-order chi connectivity index (χ1) is 7.06. The zero-order valence-corrected chi connectivity index (χ0v) is 11.0. The number of hydrogen-bond donors (Lipinski definition) is 0. The summed E-state index contributed by atoms with van der Waals surface area (Å²) in [5.74, 6) is 1.93. The Morgan fingerprint density at radius 1 is 0.867 bits per heavy atom. The fourth-order valence-corrected chi connectivity index (χ4v) is 1.88. The second kappa shape index (κ2) is 8.94. The van der Waals surface area contributed by atoms with Gasteiger partial charge in [0.05, 0.1) is 0 Å². The predicted octanol–water partition coefficient (Wildman–Crippen LogP) is 4.45. The van der Waals surface area contributed by atoms with Gasteiger partial charge in [-0.3, -0.25) is 0 Å². The lowest BCUT2D eigenvalue weighted by Crippen LogP contribution is -2.00. The molecule has 0 aliphatic carbocycles. The van der Waals surface area contributed by atoms with Gasteiger partial charge < -0.3 is 4.79 Å². The highest BCUT2D eigenvalue weighted by Crippen LogP contribution is 2.18. The van der Waals surface area contributed by atoms with E-state index < -0.39 is 0 Å². The monoisotopic (exact) mass is 212 g/mol. The molecule has 0 heterocycles. The Kier molecular flexibility index (Phi) is 8.74. The van der Waals surface area contributed by atoms with Crippen molar-refractivity contribution >= 4 is 6.29 Å². The second-order valence-electron chi connectivity index (χ2n) is 5.47. The maximum Gasteiger partial charge on any atom is 0.122 e. The van der Waals surface area contributed by atoms with Gasteiger partial charge in [0.25, 0.3) is 0 Å². The zero-order chi connectivity index (χ0) is 11.7. The molecule has 0 aromatic heterocycles. The van der Waals surface area contributed by atoms with E-state index in [-0.39, 0.29) is 5.92 Å². The van der Waals surface area contributed by atoms with Crippen LogP contribution in [0.2, 0.25) is 0 Å². The van der Waals surface area contributed by atoms with Crippen molar-refractivity contribution in [2.75, 3.05) is 0 Å². The summed E-state index contributed by atoms with van der Waals surface area (Å²) in [6.07, 6.45) is 8.71. The van der Waals surface area contributed by atoms with Crippen LogP contribution < -0.4 is 0 Å². The van der Waals surface area contributed by atoms with Crippen molar-refractivity contribution in [1.82, 2.24) is 0 Å². The van der Waals surface area contributed by atoms with E-state index in [2.05, 4.69) is 20.8 Å². The van der Waals surface area contributed by atoms with Crippen molar-refractivity contribution in [3.8, 4) is 0 Å². The van der Waals surface area contributed by atoms with E-state index in [9.17, 15) is 4.79 Å². The molecule has 0 N–H and O–H groups in total. The van der Waals surface area contributed by atoms with Gasteiger partial charge in [-0.05, 0) is 18.3 Å². The van der Waals surface area contributed by atoms with Gasteiger partial charge in [0.1, 0.15) is 6.29 Å². The van der Waals surface area contributed by atoms with Crippen LogP contribution >= 0.6 is 0 Å². The summed E-state index contributed by atoms with van der Waals surface area (Å²) in [6.45, 7) is 8.93. The third-order valence-electron chi connectivity index (χ3n) is 3.07. The molecular formula is C14H28O. The molecule has 1 nitrogen and oxygen atoms in total. The van der Waals surface area contributed by atoms with Crippen LogP contribution in [-0.4, -0.2) is 6.29 Å². The van der Waals surface area contributed by atoms with Crippen molar-refractivity contribution in [3.05, 3.63) is 0 Å². The summed E-state index contributed by atoms with van der Waals surface area (Å²) in [7, 11) is 0. The molecule has 1 heteroatoms. The van der Waals surface area contributed by atoms with Crippen molar-refractivity contribution in [2.45, 2.75) is 66.2 Å². The summed E-state index contributed by atoms with van der Waals surface area (Å²) < 4.78 is 0. The van der Waals surface area contributed by atoms with E-state index in [1.807, 2.05) is 6.92 Å². The first kappa shape index (κ1) is 14.7. The van der Waals surface area contributed by atoms with Gasteiger partial charge in [0, 0.05) is 5.92 Å². The summed E-state index contributed by atoms with van der Waals surface area (Å²) in [6, 6.07) is 0. The summed E-state index contributed by atoms with van der Waals surface area (Å²) in [4.78, 5) is 10.4. The Bertz CT molecular complexity index is 151. The largest absolute Gasteiger partial charge is 0.303 e. The quantitative estimate of drug-likeness (QED) is 0.516. The van der Waals surface area contributed by atoms with Crippen LogP contribution in [0.4, 0.5) is 0 Å². The summed E-state index contributed by atoms with van der Waals surface area (Å²) in [5, 5.41) is 0. The summed E-state index contributed by atoms with van der Waals surface area (Å²) in [5.41, 5.74) is 0. The van der Waals surface area contributed by atoms with E-state index in [1.54, 1.807) is 0 Å². The molecule has 0 aromatic carbocycles. The highest BCUT2D eigenvalue weighted by Gasteiger charge is 2.05. The molecule has 15 heavy (non-hydrogen) atoms. The Morgan fingerprint density at radius 3 is 1.87 bits per heavy atom. The number of carbonyl (C=O) groups excluding carboxylic acids is 1. The minimum absolute atomic E-state index is 0.257. The van der Waals surface area contributed by atoms with Gasteiger partial charge in [0.2, 0.25) is 0 Å². The highest BCUT2D eigenvalue weighted by atomic mass is 16.1. The molecule has 0 aliphatic rings. The van der Waals surface area contributed by atoms with Crippen molar-refractivity contribution in [1.29, 1.82) is 0 Å². The topological polar surface area (TPSA) is 17.1 Å². The van der Waals surface area contributed by atoms with Crippen LogP contribution in [-0.2, 0) is 4.79 Å². The first-order valence-electron chi connectivity index (χ1n) is 6.51. The number of carbonyl (C=O) groups is 1. The van der Waals surface area contributed by atoms with Crippen molar-refractivity contribution < 1.29 is 4.79 Å². The minimum Gasteiger partial charge on any atom is -0.303 e. The SMILES string of the molecule is CC(C)CCC[C@@H](C)CCC[C@@H](C)C=O. The zero-order valence-electron chi connectivity index (χ0n) is 11.0. The third kappa shape index (κ3) is 9.96. The molecule has 0 saturated heterocycles. The molecule has 0 bridgehead atoms. The number of aldehydes is 1. The molecule has 0 radical (unpaired) electrons. The van der Waals surface area contributed by atoms with Gasteiger partial charge in [-0.2, -0.15) is 0 Å². The molecule has 0 saturated carbocycles. The lowest BCUT2D eigenvalue weighted by atomic mass is 9.94. The van der Waals surface area contributed by atoms with Crippen LogP contribution in [0, 0.1) is 17.8 Å². The van der Waals surface area contributed by atoms with E-state index in [0.29, 0.717) is 0 Å². The fourth-order valence-electron chi connectivity index (χ4n) is 1.88. The highest BCUT2D eigenvalue weighted by molar-refractivity contribution is 5.52.